The van der Waals surface area contributed by atoms with E-state index in [-0.39, 0.29) is 10.7 Å². The Morgan fingerprint density at radius 2 is 1.77 bits per heavy atom. The number of thiocarbonyl (C=S) groups is 1. The minimum Gasteiger partial charge on any atom is -0.331 e. The smallest absolute Gasteiger partial charge is 0.257 e. The van der Waals surface area contributed by atoms with Gasteiger partial charge in [-0.15, -0.1) is 0 Å². The molecule has 2 aromatic rings. The summed E-state index contributed by atoms with van der Waals surface area (Å²) in [6, 6.07) is 13.3. The maximum Gasteiger partial charge on any atom is 0.257 e. The molecular weight excluding hydrogens is 341 g/mol. The lowest BCUT2D eigenvalue weighted by atomic mass is 10.2. The van der Waals surface area contributed by atoms with Gasteiger partial charge in [0, 0.05) is 15.6 Å². The van der Waals surface area contributed by atoms with Crippen molar-refractivity contribution in [2.45, 2.75) is 0 Å². The summed E-state index contributed by atoms with van der Waals surface area (Å²) in [6.45, 7) is 0. The molecule has 2 aromatic carbocycles. The maximum atomic E-state index is 12.1. The SMILES string of the molecule is N#Cc1ccccc1NC(=S)NC(=O)c1cc(Cl)cc(Cl)c1. The molecule has 1 amide bonds. The Morgan fingerprint density at radius 3 is 2.41 bits per heavy atom. The third kappa shape index (κ3) is 4.18. The van der Waals surface area contributed by atoms with Crippen molar-refractivity contribution in [2.24, 2.45) is 0 Å². The zero-order valence-electron chi connectivity index (χ0n) is 11.1. The molecule has 0 heterocycles. The van der Waals surface area contributed by atoms with E-state index in [0.29, 0.717) is 21.3 Å². The van der Waals surface area contributed by atoms with Crippen LogP contribution in [0.1, 0.15) is 15.9 Å². The van der Waals surface area contributed by atoms with Crippen LogP contribution in [0.4, 0.5) is 5.69 Å². The maximum absolute atomic E-state index is 12.1. The molecule has 0 saturated carbocycles. The van der Waals surface area contributed by atoms with Crippen LogP contribution in [0, 0.1) is 11.3 Å². The first kappa shape index (κ1) is 16.2. The molecule has 0 saturated heterocycles. The van der Waals surface area contributed by atoms with Crippen molar-refractivity contribution in [1.82, 2.24) is 5.32 Å². The number of benzene rings is 2. The van der Waals surface area contributed by atoms with Gasteiger partial charge in [-0.1, -0.05) is 35.3 Å². The van der Waals surface area contributed by atoms with Crippen LogP contribution < -0.4 is 10.6 Å². The lowest BCUT2D eigenvalue weighted by Crippen LogP contribution is -2.34. The van der Waals surface area contributed by atoms with Gasteiger partial charge in [0.1, 0.15) is 6.07 Å². The first-order chi connectivity index (χ1) is 10.5. The van der Waals surface area contributed by atoms with Crippen LogP contribution in [0.5, 0.6) is 0 Å². The van der Waals surface area contributed by atoms with Gasteiger partial charge >= 0.3 is 0 Å². The van der Waals surface area contributed by atoms with E-state index in [1.165, 1.54) is 18.2 Å². The minimum atomic E-state index is -0.448. The highest BCUT2D eigenvalue weighted by Crippen LogP contribution is 2.19. The number of nitrogens with one attached hydrogen (secondary N) is 2. The standard InChI is InChI=1S/C15H9Cl2N3OS/c16-11-5-10(6-12(17)7-11)14(21)20-15(22)19-13-4-2-1-3-9(13)8-18/h1-7H,(H2,19,20,21,22). The predicted octanol–water partition coefficient (Wildman–Crippen LogP) is 3.99. The van der Waals surface area contributed by atoms with Crippen LogP contribution in [0.25, 0.3) is 0 Å². The van der Waals surface area contributed by atoms with Gasteiger partial charge < -0.3 is 5.32 Å². The van der Waals surface area contributed by atoms with E-state index >= 15 is 0 Å². The number of nitriles is 1. The van der Waals surface area contributed by atoms with Crippen molar-refractivity contribution < 1.29 is 4.79 Å². The summed E-state index contributed by atoms with van der Waals surface area (Å²) in [7, 11) is 0. The van der Waals surface area contributed by atoms with Gasteiger partial charge in [0.15, 0.2) is 5.11 Å². The minimum absolute atomic E-state index is 0.0730. The fourth-order valence-electron chi connectivity index (χ4n) is 1.70. The average molecular weight is 350 g/mol. The Balaban J connectivity index is 2.09. The van der Waals surface area contributed by atoms with Gasteiger partial charge in [-0.25, -0.2) is 0 Å². The van der Waals surface area contributed by atoms with Crippen LogP contribution in [0.15, 0.2) is 42.5 Å². The molecule has 7 heteroatoms. The highest BCUT2D eigenvalue weighted by Gasteiger charge is 2.11. The van der Waals surface area contributed by atoms with Gasteiger partial charge in [0.05, 0.1) is 11.3 Å². The quantitative estimate of drug-likeness (QED) is 0.804. The van der Waals surface area contributed by atoms with Crippen molar-refractivity contribution >= 4 is 52.1 Å². The second kappa shape index (κ2) is 7.23. The van der Waals surface area contributed by atoms with Gasteiger partial charge in [-0.05, 0) is 42.5 Å². The molecule has 0 spiro atoms. The number of nitrogens with zero attached hydrogens (tertiary/aromatic N) is 1. The van der Waals surface area contributed by atoms with E-state index in [4.69, 9.17) is 40.7 Å². The first-order valence-electron chi connectivity index (χ1n) is 6.07. The Labute approximate surface area is 142 Å². The molecule has 0 radical (unpaired) electrons. The molecule has 2 N–H and O–H groups in total. The third-order valence-electron chi connectivity index (χ3n) is 2.65. The number of anilines is 1. The summed E-state index contributed by atoms with van der Waals surface area (Å²) in [4.78, 5) is 12.1. The number of rotatable bonds is 2. The number of para-hydroxylation sites is 1. The van der Waals surface area contributed by atoms with Gasteiger partial charge in [0.25, 0.3) is 5.91 Å². The van der Waals surface area contributed by atoms with Crippen LogP contribution in [-0.2, 0) is 0 Å². The molecule has 0 bridgehead atoms. The van der Waals surface area contributed by atoms with E-state index < -0.39 is 5.91 Å². The number of hydrogen-bond donors (Lipinski definition) is 2. The van der Waals surface area contributed by atoms with Crippen LogP contribution in [0.2, 0.25) is 10.0 Å². The highest BCUT2D eigenvalue weighted by atomic mass is 35.5. The van der Waals surface area contributed by atoms with E-state index in [2.05, 4.69) is 10.6 Å². The lowest BCUT2D eigenvalue weighted by Gasteiger charge is -2.11. The Hall–Kier alpha value is -2.13. The van der Waals surface area contributed by atoms with E-state index in [1.54, 1.807) is 24.3 Å². The molecule has 0 fully saturated rings. The van der Waals surface area contributed by atoms with E-state index in [0.717, 1.165) is 0 Å². The molecule has 0 aliphatic rings. The van der Waals surface area contributed by atoms with Gasteiger partial charge in [0.2, 0.25) is 0 Å². The van der Waals surface area contributed by atoms with Crippen molar-refractivity contribution in [2.75, 3.05) is 5.32 Å². The first-order valence-corrected chi connectivity index (χ1v) is 7.23. The summed E-state index contributed by atoms with van der Waals surface area (Å²) in [6.07, 6.45) is 0. The van der Waals surface area contributed by atoms with Crippen LogP contribution >= 0.6 is 35.4 Å². The zero-order valence-corrected chi connectivity index (χ0v) is 13.4. The molecule has 0 aliphatic heterocycles. The van der Waals surface area contributed by atoms with Gasteiger partial charge in [-0.2, -0.15) is 5.26 Å². The molecule has 2 rings (SSSR count). The van der Waals surface area contributed by atoms with Crippen molar-refractivity contribution in [1.29, 1.82) is 5.26 Å². The molecule has 0 aliphatic carbocycles. The van der Waals surface area contributed by atoms with Crippen molar-refractivity contribution in [3.8, 4) is 6.07 Å². The second-order valence-electron chi connectivity index (χ2n) is 4.22. The second-order valence-corrected chi connectivity index (χ2v) is 5.50. The predicted molar refractivity (Wildman–Crippen MR) is 91.3 cm³/mol. The molecule has 4 nitrogen and oxygen atoms in total. The normalized spacial score (nSPS) is 9.68. The van der Waals surface area contributed by atoms with E-state index in [9.17, 15) is 4.79 Å². The molecule has 0 atom stereocenters. The number of amides is 1. The molecule has 0 unspecified atom stereocenters. The Bertz CT molecular complexity index is 766. The fourth-order valence-corrected chi connectivity index (χ4v) is 2.43. The average Bonchev–Trinajstić information content (AvgIpc) is 2.46. The summed E-state index contributed by atoms with van der Waals surface area (Å²) in [5, 5.41) is 15.1. The molecule has 22 heavy (non-hydrogen) atoms. The highest BCUT2D eigenvalue weighted by molar-refractivity contribution is 7.80. The van der Waals surface area contributed by atoms with Crippen molar-refractivity contribution in [3.05, 3.63) is 63.6 Å². The van der Waals surface area contributed by atoms with Crippen LogP contribution in [0.3, 0.4) is 0 Å². The molecule has 110 valence electrons. The molecular formula is C15H9Cl2N3OS. The fraction of sp³-hybridized carbons (Fsp3) is 0. The number of hydrogen-bond acceptors (Lipinski definition) is 3. The van der Waals surface area contributed by atoms with Gasteiger partial charge in [-0.3, -0.25) is 10.1 Å². The summed E-state index contributed by atoms with van der Waals surface area (Å²) >= 11 is 16.8. The van der Waals surface area contributed by atoms with Crippen LogP contribution in [-0.4, -0.2) is 11.0 Å². The lowest BCUT2D eigenvalue weighted by molar-refractivity contribution is 0.0977. The zero-order chi connectivity index (χ0) is 16.1. The number of carbonyl (C=O) groups is 1. The van der Waals surface area contributed by atoms with Crippen molar-refractivity contribution in [3.63, 3.8) is 0 Å². The summed E-state index contributed by atoms with van der Waals surface area (Å²) < 4.78 is 0. The largest absolute Gasteiger partial charge is 0.331 e. The topological polar surface area (TPSA) is 64.9 Å². The number of halogens is 2. The van der Waals surface area contributed by atoms with E-state index in [1.807, 2.05) is 6.07 Å². The Kier molecular flexibility index (Phi) is 5.34. The number of carbonyl (C=O) groups excluding carboxylic acids is 1. The summed E-state index contributed by atoms with van der Waals surface area (Å²) in [5.74, 6) is -0.448. The Morgan fingerprint density at radius 1 is 1.14 bits per heavy atom. The molecule has 0 aromatic heterocycles. The summed E-state index contributed by atoms with van der Waals surface area (Å²) in [5.41, 5.74) is 1.22. The monoisotopic (exact) mass is 349 g/mol. The third-order valence-corrected chi connectivity index (χ3v) is 3.29.